The normalized spacial score (nSPS) is 11.9. The molecule has 0 bridgehead atoms. The minimum Gasteiger partial charge on any atom is -0.381 e. The van der Waals surface area contributed by atoms with Crippen molar-refractivity contribution in [2.24, 2.45) is 0 Å². The van der Waals surface area contributed by atoms with Crippen molar-refractivity contribution in [2.45, 2.75) is 26.3 Å². The molecular weight excluding hydrogens is 216 g/mol. The lowest BCUT2D eigenvalue weighted by molar-refractivity contribution is 0.567. The number of sulfone groups is 1. The number of nitrogen functional groups attached to an aromatic ring is 1. The third-order valence-electron chi connectivity index (χ3n) is 2.03. The molecule has 0 aliphatic carbocycles. The molecule has 0 saturated heterocycles. The Hall–Kier alpha value is -1.11. The van der Waals surface area contributed by atoms with E-state index in [-0.39, 0.29) is 5.75 Å². The highest BCUT2D eigenvalue weighted by atomic mass is 32.2. The highest BCUT2D eigenvalue weighted by Gasteiger charge is 2.11. The molecule has 0 saturated carbocycles. The van der Waals surface area contributed by atoms with E-state index in [1.807, 2.05) is 6.92 Å². The summed E-state index contributed by atoms with van der Waals surface area (Å²) in [7, 11) is -2.97. The third kappa shape index (κ3) is 3.50. The van der Waals surface area contributed by atoms with Crippen molar-refractivity contribution in [1.82, 2.24) is 15.0 Å². The number of nitrogens with two attached hydrogens (primary N) is 1. The van der Waals surface area contributed by atoms with Crippen LogP contribution in [-0.4, -0.2) is 35.4 Å². The molecule has 0 amide bonds. The van der Waals surface area contributed by atoms with E-state index in [9.17, 15) is 8.42 Å². The van der Waals surface area contributed by atoms with Gasteiger partial charge in [-0.05, 0) is 6.42 Å². The molecule has 0 aliphatic heterocycles. The van der Waals surface area contributed by atoms with Crippen molar-refractivity contribution in [3.63, 3.8) is 0 Å². The van der Waals surface area contributed by atoms with E-state index in [1.165, 1.54) is 6.26 Å². The maximum atomic E-state index is 11.0. The number of nitrogens with zero attached hydrogens (tertiary/aromatic N) is 3. The zero-order chi connectivity index (χ0) is 11.5. The first kappa shape index (κ1) is 12.0. The second kappa shape index (κ2) is 4.61. The Balaban J connectivity index is 2.77. The average molecular weight is 232 g/mol. The fourth-order valence-corrected chi connectivity index (χ4v) is 1.78. The molecule has 2 N–H and O–H groups in total. The summed E-state index contributed by atoms with van der Waals surface area (Å²) >= 11 is 0. The zero-order valence-corrected chi connectivity index (χ0v) is 9.79. The van der Waals surface area contributed by atoms with Crippen LogP contribution in [0.4, 0.5) is 5.82 Å². The van der Waals surface area contributed by atoms with Gasteiger partial charge in [-0.3, -0.25) is 0 Å². The number of aryl methyl sites for hydroxylation is 1. The van der Waals surface area contributed by atoms with Gasteiger partial charge in [-0.25, -0.2) is 13.1 Å². The molecule has 0 atom stereocenters. The smallest absolute Gasteiger partial charge is 0.169 e. The molecule has 86 valence electrons. The van der Waals surface area contributed by atoms with E-state index >= 15 is 0 Å². The number of hydrogen-bond donors (Lipinski definition) is 1. The van der Waals surface area contributed by atoms with Crippen molar-refractivity contribution in [3.8, 4) is 0 Å². The fraction of sp³-hybridized carbons (Fsp3) is 0.750. The summed E-state index contributed by atoms with van der Waals surface area (Å²) in [5.41, 5.74) is 6.44. The summed E-state index contributed by atoms with van der Waals surface area (Å²) < 4.78 is 23.5. The van der Waals surface area contributed by atoms with Crippen molar-refractivity contribution >= 4 is 15.7 Å². The van der Waals surface area contributed by atoms with E-state index in [0.717, 1.165) is 18.5 Å². The molecule has 0 fully saturated rings. The van der Waals surface area contributed by atoms with E-state index in [2.05, 4.69) is 10.3 Å². The highest BCUT2D eigenvalue weighted by Crippen LogP contribution is 2.09. The van der Waals surface area contributed by atoms with Gasteiger partial charge in [0.25, 0.3) is 0 Å². The minimum atomic E-state index is -2.97. The molecule has 0 spiro atoms. The quantitative estimate of drug-likeness (QED) is 0.762. The molecule has 15 heavy (non-hydrogen) atoms. The van der Waals surface area contributed by atoms with Gasteiger partial charge in [0, 0.05) is 6.26 Å². The Morgan fingerprint density at radius 1 is 1.47 bits per heavy atom. The van der Waals surface area contributed by atoms with Crippen molar-refractivity contribution < 1.29 is 8.42 Å². The summed E-state index contributed by atoms with van der Waals surface area (Å²) in [5.74, 6) is 0.456. The fourth-order valence-electron chi connectivity index (χ4n) is 1.27. The first-order valence-corrected chi connectivity index (χ1v) is 6.85. The van der Waals surface area contributed by atoms with E-state index in [1.54, 1.807) is 4.68 Å². The maximum Gasteiger partial charge on any atom is 0.169 e. The lowest BCUT2D eigenvalue weighted by Crippen LogP contribution is -2.14. The minimum absolute atomic E-state index is 0.0620. The molecule has 6 nitrogen and oxygen atoms in total. The average Bonchev–Trinajstić information content (AvgIpc) is 2.45. The number of rotatable bonds is 5. The van der Waals surface area contributed by atoms with Gasteiger partial charge >= 0.3 is 0 Å². The molecule has 0 aromatic carbocycles. The van der Waals surface area contributed by atoms with Crippen molar-refractivity contribution in [1.29, 1.82) is 0 Å². The van der Waals surface area contributed by atoms with E-state index in [0.29, 0.717) is 12.4 Å². The first-order chi connectivity index (χ1) is 6.94. The number of aromatic nitrogens is 3. The van der Waals surface area contributed by atoms with Gasteiger partial charge in [0.05, 0.1) is 18.0 Å². The summed E-state index contributed by atoms with van der Waals surface area (Å²) in [6.07, 6.45) is 2.89. The largest absolute Gasteiger partial charge is 0.381 e. The van der Waals surface area contributed by atoms with Crippen LogP contribution in [0.2, 0.25) is 0 Å². The van der Waals surface area contributed by atoms with Crippen LogP contribution in [-0.2, 0) is 22.8 Å². The van der Waals surface area contributed by atoms with Gasteiger partial charge in [-0.15, -0.1) is 5.10 Å². The van der Waals surface area contributed by atoms with E-state index < -0.39 is 9.84 Å². The number of hydrogen-bond acceptors (Lipinski definition) is 5. The molecular formula is C8H16N4O2S. The maximum absolute atomic E-state index is 11.0. The topological polar surface area (TPSA) is 90.9 Å². The molecule has 1 aromatic rings. The zero-order valence-electron chi connectivity index (χ0n) is 8.97. The van der Waals surface area contributed by atoms with Gasteiger partial charge in [0.1, 0.15) is 9.84 Å². The van der Waals surface area contributed by atoms with Gasteiger partial charge < -0.3 is 5.73 Å². The highest BCUT2D eigenvalue weighted by molar-refractivity contribution is 7.90. The third-order valence-corrected chi connectivity index (χ3v) is 2.95. The predicted octanol–water partition coefficient (Wildman–Crippen LogP) is -0.143. The van der Waals surface area contributed by atoms with Crippen LogP contribution in [0.3, 0.4) is 0 Å². The Morgan fingerprint density at radius 3 is 2.67 bits per heavy atom. The second-order valence-corrected chi connectivity index (χ2v) is 5.78. The lowest BCUT2D eigenvalue weighted by Gasteiger charge is -2.04. The van der Waals surface area contributed by atoms with E-state index in [4.69, 9.17) is 5.73 Å². The first-order valence-electron chi connectivity index (χ1n) is 4.79. The standard InChI is InChI=1S/C8H16N4O2S/c1-3-4-7-8(9)10-11-12(7)5-6-15(2,13)14/h3-6,9H2,1-2H3. The summed E-state index contributed by atoms with van der Waals surface area (Å²) in [6, 6.07) is 0. The molecule has 1 heterocycles. The molecule has 7 heteroatoms. The van der Waals surface area contributed by atoms with Crippen LogP contribution in [0.25, 0.3) is 0 Å². The Bertz CT molecular complexity index is 424. The predicted molar refractivity (Wildman–Crippen MR) is 58.1 cm³/mol. The molecule has 1 aromatic heterocycles. The van der Waals surface area contributed by atoms with Crippen LogP contribution in [0, 0.1) is 0 Å². The van der Waals surface area contributed by atoms with Crippen LogP contribution in [0.5, 0.6) is 0 Å². The summed E-state index contributed by atoms with van der Waals surface area (Å²) in [5, 5.41) is 7.55. The Kier molecular flexibility index (Phi) is 3.67. The number of anilines is 1. The van der Waals surface area contributed by atoms with Crippen LogP contribution in [0.1, 0.15) is 19.0 Å². The van der Waals surface area contributed by atoms with Gasteiger partial charge in [0.15, 0.2) is 5.82 Å². The van der Waals surface area contributed by atoms with Gasteiger partial charge in [-0.2, -0.15) is 0 Å². The van der Waals surface area contributed by atoms with Gasteiger partial charge in [0.2, 0.25) is 0 Å². The summed E-state index contributed by atoms with van der Waals surface area (Å²) in [6.45, 7) is 2.34. The van der Waals surface area contributed by atoms with Crippen LogP contribution in [0.15, 0.2) is 0 Å². The molecule has 0 radical (unpaired) electrons. The van der Waals surface area contributed by atoms with Gasteiger partial charge in [-0.1, -0.05) is 18.6 Å². The molecule has 0 aliphatic rings. The van der Waals surface area contributed by atoms with Crippen LogP contribution >= 0.6 is 0 Å². The SMILES string of the molecule is CCCc1c(N)nnn1CCS(C)(=O)=O. The molecule has 0 unspecified atom stereocenters. The second-order valence-electron chi connectivity index (χ2n) is 3.52. The summed E-state index contributed by atoms with van der Waals surface area (Å²) in [4.78, 5) is 0. The van der Waals surface area contributed by atoms with Crippen molar-refractivity contribution in [2.75, 3.05) is 17.7 Å². The Labute approximate surface area is 89.4 Å². The monoisotopic (exact) mass is 232 g/mol. The van der Waals surface area contributed by atoms with Crippen molar-refractivity contribution in [3.05, 3.63) is 5.69 Å². The van der Waals surface area contributed by atoms with Crippen LogP contribution < -0.4 is 5.73 Å². The molecule has 1 rings (SSSR count). The lowest BCUT2D eigenvalue weighted by atomic mass is 10.2. The Morgan fingerprint density at radius 2 is 2.13 bits per heavy atom.